The number of aromatic nitrogens is 3. The van der Waals surface area contributed by atoms with Crippen LogP contribution in [0.1, 0.15) is 41.0 Å². The Labute approximate surface area is 121 Å². The predicted octanol–water partition coefficient (Wildman–Crippen LogP) is 2.86. The van der Waals surface area contributed by atoms with Crippen molar-refractivity contribution in [2.45, 2.75) is 47.2 Å². The maximum Gasteiger partial charge on any atom is 0.0534 e. The summed E-state index contributed by atoms with van der Waals surface area (Å²) in [6.07, 6.45) is 3.96. The van der Waals surface area contributed by atoms with Gasteiger partial charge in [-0.3, -0.25) is 9.67 Å². The lowest BCUT2D eigenvalue weighted by atomic mass is 10.0. The van der Waals surface area contributed by atoms with Gasteiger partial charge in [-0.2, -0.15) is 5.10 Å². The molecule has 1 unspecified atom stereocenters. The Morgan fingerprint density at radius 1 is 1.25 bits per heavy atom. The van der Waals surface area contributed by atoms with Crippen LogP contribution in [0.4, 0.5) is 0 Å². The largest absolute Gasteiger partial charge is 0.308 e. The van der Waals surface area contributed by atoms with Crippen LogP contribution < -0.4 is 5.32 Å². The molecule has 0 bridgehead atoms. The molecule has 2 heterocycles. The van der Waals surface area contributed by atoms with Crippen LogP contribution in [-0.4, -0.2) is 21.3 Å². The van der Waals surface area contributed by atoms with Gasteiger partial charge >= 0.3 is 0 Å². The molecular weight excluding hydrogens is 248 g/mol. The first-order valence-electron chi connectivity index (χ1n) is 7.14. The van der Waals surface area contributed by atoms with Gasteiger partial charge in [-0.15, -0.1) is 0 Å². The number of aryl methyl sites for hydroxylation is 4. The number of hydrogen-bond donors (Lipinski definition) is 1. The maximum atomic E-state index is 4.57. The van der Waals surface area contributed by atoms with Gasteiger partial charge in [0.2, 0.25) is 0 Å². The second kappa shape index (κ2) is 6.18. The van der Waals surface area contributed by atoms with Gasteiger partial charge < -0.3 is 5.32 Å². The highest BCUT2D eigenvalue weighted by atomic mass is 15.3. The highest BCUT2D eigenvalue weighted by Crippen LogP contribution is 2.20. The molecule has 0 radical (unpaired) electrons. The van der Waals surface area contributed by atoms with Crippen molar-refractivity contribution < 1.29 is 0 Å². The quantitative estimate of drug-likeness (QED) is 0.910. The van der Waals surface area contributed by atoms with Crippen molar-refractivity contribution in [3.8, 4) is 0 Å². The number of nitrogens with one attached hydrogen (secondary N) is 1. The highest BCUT2D eigenvalue weighted by molar-refractivity contribution is 5.33. The average molecular weight is 272 g/mol. The van der Waals surface area contributed by atoms with E-state index in [0.717, 1.165) is 24.5 Å². The van der Waals surface area contributed by atoms with Gasteiger partial charge in [0.05, 0.1) is 12.7 Å². The summed E-state index contributed by atoms with van der Waals surface area (Å²) >= 11 is 0. The van der Waals surface area contributed by atoms with Crippen LogP contribution in [0.15, 0.2) is 18.5 Å². The summed E-state index contributed by atoms with van der Waals surface area (Å²) < 4.78 is 1.97. The van der Waals surface area contributed by atoms with Gasteiger partial charge in [-0.05, 0) is 57.4 Å². The fourth-order valence-corrected chi connectivity index (χ4v) is 2.78. The van der Waals surface area contributed by atoms with Crippen molar-refractivity contribution >= 4 is 0 Å². The van der Waals surface area contributed by atoms with E-state index in [1.807, 2.05) is 17.8 Å². The van der Waals surface area contributed by atoms with Crippen molar-refractivity contribution in [1.82, 2.24) is 20.1 Å². The van der Waals surface area contributed by atoms with Crippen molar-refractivity contribution in [1.29, 1.82) is 0 Å². The van der Waals surface area contributed by atoms with Gasteiger partial charge in [0, 0.05) is 30.2 Å². The second-order valence-electron chi connectivity index (χ2n) is 5.54. The summed E-state index contributed by atoms with van der Waals surface area (Å²) in [6.45, 7) is 12.3. The molecule has 0 saturated heterocycles. The van der Waals surface area contributed by atoms with Gasteiger partial charge in [-0.1, -0.05) is 0 Å². The van der Waals surface area contributed by atoms with Crippen LogP contribution in [0.25, 0.3) is 0 Å². The lowest BCUT2D eigenvalue weighted by Crippen LogP contribution is -2.25. The third-order valence-electron chi connectivity index (χ3n) is 3.57. The van der Waals surface area contributed by atoms with E-state index in [4.69, 9.17) is 0 Å². The van der Waals surface area contributed by atoms with E-state index in [9.17, 15) is 0 Å². The van der Waals surface area contributed by atoms with Gasteiger partial charge in [-0.25, -0.2) is 0 Å². The van der Waals surface area contributed by atoms with Gasteiger partial charge in [0.1, 0.15) is 0 Å². The van der Waals surface area contributed by atoms with E-state index >= 15 is 0 Å². The molecule has 108 valence electrons. The van der Waals surface area contributed by atoms with E-state index < -0.39 is 0 Å². The minimum absolute atomic E-state index is 0.305. The first kappa shape index (κ1) is 14.7. The molecule has 20 heavy (non-hydrogen) atoms. The fraction of sp³-hybridized carbons (Fsp3) is 0.500. The zero-order chi connectivity index (χ0) is 14.7. The third kappa shape index (κ3) is 3.45. The number of rotatable bonds is 5. The molecule has 2 rings (SSSR count). The first-order valence-corrected chi connectivity index (χ1v) is 7.14. The normalized spacial score (nSPS) is 12.7. The molecule has 4 heteroatoms. The molecule has 0 aliphatic carbocycles. The van der Waals surface area contributed by atoms with Crippen LogP contribution in [0.3, 0.4) is 0 Å². The Kier molecular flexibility index (Phi) is 4.55. The SMILES string of the molecule is Cc1cnn(CCNC(C)c2c(C)cc(C)nc2C)c1. The summed E-state index contributed by atoms with van der Waals surface area (Å²) in [5, 5.41) is 7.85. The number of nitrogens with zero attached hydrogens (tertiary/aromatic N) is 3. The molecule has 0 fully saturated rings. The predicted molar refractivity (Wildman–Crippen MR) is 81.8 cm³/mol. The monoisotopic (exact) mass is 272 g/mol. The number of hydrogen-bond acceptors (Lipinski definition) is 3. The minimum atomic E-state index is 0.305. The average Bonchev–Trinajstić information content (AvgIpc) is 2.73. The third-order valence-corrected chi connectivity index (χ3v) is 3.57. The Bertz CT molecular complexity index is 563. The molecular formula is C16H24N4. The zero-order valence-electron chi connectivity index (χ0n) is 13.1. The molecule has 0 spiro atoms. The van der Waals surface area contributed by atoms with Crippen LogP contribution in [0, 0.1) is 27.7 Å². The first-order chi connectivity index (χ1) is 9.47. The molecule has 4 nitrogen and oxygen atoms in total. The Morgan fingerprint density at radius 2 is 2.00 bits per heavy atom. The van der Waals surface area contributed by atoms with Crippen molar-refractivity contribution in [2.24, 2.45) is 0 Å². The Hall–Kier alpha value is -1.68. The lowest BCUT2D eigenvalue weighted by Gasteiger charge is -2.19. The molecule has 1 N–H and O–H groups in total. The highest BCUT2D eigenvalue weighted by Gasteiger charge is 2.12. The van der Waals surface area contributed by atoms with Crippen molar-refractivity contribution in [2.75, 3.05) is 6.54 Å². The summed E-state index contributed by atoms with van der Waals surface area (Å²) in [7, 11) is 0. The van der Waals surface area contributed by atoms with Crippen LogP contribution >= 0.6 is 0 Å². The lowest BCUT2D eigenvalue weighted by molar-refractivity contribution is 0.504. The van der Waals surface area contributed by atoms with Crippen molar-refractivity contribution in [3.63, 3.8) is 0 Å². The summed E-state index contributed by atoms with van der Waals surface area (Å²) in [4.78, 5) is 4.57. The minimum Gasteiger partial charge on any atom is -0.308 e. The fourth-order valence-electron chi connectivity index (χ4n) is 2.78. The van der Waals surface area contributed by atoms with Gasteiger partial charge in [0.25, 0.3) is 0 Å². The summed E-state index contributed by atoms with van der Waals surface area (Å²) in [5.74, 6) is 0. The van der Waals surface area contributed by atoms with Crippen LogP contribution in [0.2, 0.25) is 0 Å². The van der Waals surface area contributed by atoms with E-state index in [0.29, 0.717) is 6.04 Å². The zero-order valence-corrected chi connectivity index (χ0v) is 13.1. The Morgan fingerprint density at radius 3 is 2.60 bits per heavy atom. The topological polar surface area (TPSA) is 42.7 Å². The molecule has 0 aromatic carbocycles. The Balaban J connectivity index is 1.96. The van der Waals surface area contributed by atoms with E-state index in [2.05, 4.69) is 55.4 Å². The van der Waals surface area contributed by atoms with Crippen molar-refractivity contribution in [3.05, 3.63) is 46.5 Å². The smallest absolute Gasteiger partial charge is 0.0534 e. The van der Waals surface area contributed by atoms with Gasteiger partial charge in [0.15, 0.2) is 0 Å². The van der Waals surface area contributed by atoms with Crippen LogP contribution in [-0.2, 0) is 6.54 Å². The molecule has 1 atom stereocenters. The van der Waals surface area contributed by atoms with Crippen LogP contribution in [0.5, 0.6) is 0 Å². The molecule has 2 aromatic heterocycles. The molecule has 0 amide bonds. The number of pyridine rings is 1. The van der Waals surface area contributed by atoms with E-state index in [-0.39, 0.29) is 0 Å². The molecule has 0 aliphatic heterocycles. The van der Waals surface area contributed by atoms with E-state index in [1.165, 1.54) is 16.7 Å². The standard InChI is InChI=1S/C16H24N4/c1-11-9-18-20(10-11)7-6-17-14(4)16-12(2)8-13(3)19-15(16)5/h8-10,14,17H,6-7H2,1-5H3. The molecule has 0 aliphatic rings. The second-order valence-corrected chi connectivity index (χ2v) is 5.54. The molecule has 2 aromatic rings. The maximum absolute atomic E-state index is 4.57. The summed E-state index contributed by atoms with van der Waals surface area (Å²) in [6, 6.07) is 2.46. The van der Waals surface area contributed by atoms with E-state index in [1.54, 1.807) is 0 Å². The summed E-state index contributed by atoms with van der Waals surface area (Å²) in [5.41, 5.74) is 6.03. The molecule has 0 saturated carbocycles.